The number of aromatic nitrogens is 2. The lowest BCUT2D eigenvalue weighted by molar-refractivity contribution is 0.909. The Bertz CT molecular complexity index is 367. The van der Waals surface area contributed by atoms with Gasteiger partial charge in [0.1, 0.15) is 5.82 Å². The maximum Gasteiger partial charge on any atom is 0.222 e. The SMILES string of the molecule is Nc1nc(C2CC2)cc(N2CCCC2)n1. The molecule has 2 heterocycles. The Kier molecular flexibility index (Phi) is 2.01. The van der Waals surface area contributed by atoms with Crippen LogP contribution in [0.1, 0.15) is 37.3 Å². The Morgan fingerprint density at radius 2 is 1.93 bits per heavy atom. The molecule has 1 saturated carbocycles. The normalized spacial score (nSPS) is 20.9. The van der Waals surface area contributed by atoms with Gasteiger partial charge in [0.2, 0.25) is 5.95 Å². The Labute approximate surface area is 89.5 Å². The van der Waals surface area contributed by atoms with E-state index in [-0.39, 0.29) is 0 Å². The average molecular weight is 204 g/mol. The molecule has 1 aliphatic heterocycles. The van der Waals surface area contributed by atoms with Gasteiger partial charge in [-0.2, -0.15) is 4.98 Å². The van der Waals surface area contributed by atoms with Crippen LogP contribution in [0.5, 0.6) is 0 Å². The topological polar surface area (TPSA) is 55.0 Å². The Hall–Kier alpha value is -1.32. The maximum atomic E-state index is 5.74. The molecule has 1 aliphatic carbocycles. The highest BCUT2D eigenvalue weighted by molar-refractivity contribution is 5.45. The van der Waals surface area contributed by atoms with E-state index in [2.05, 4.69) is 20.9 Å². The first kappa shape index (κ1) is 8.95. The van der Waals surface area contributed by atoms with Crippen LogP contribution in [-0.4, -0.2) is 23.1 Å². The second-order valence-corrected chi connectivity index (χ2v) is 4.48. The molecule has 80 valence electrons. The number of anilines is 2. The Morgan fingerprint density at radius 1 is 1.20 bits per heavy atom. The molecule has 0 amide bonds. The molecule has 3 rings (SSSR count). The highest BCUT2D eigenvalue weighted by atomic mass is 15.2. The van der Waals surface area contributed by atoms with Crippen molar-refractivity contribution in [1.82, 2.24) is 9.97 Å². The average Bonchev–Trinajstić information content (AvgIpc) is 2.93. The second kappa shape index (κ2) is 3.36. The van der Waals surface area contributed by atoms with E-state index in [1.54, 1.807) is 0 Å². The van der Waals surface area contributed by atoms with Gasteiger partial charge in [0.25, 0.3) is 0 Å². The summed E-state index contributed by atoms with van der Waals surface area (Å²) in [6.45, 7) is 2.22. The van der Waals surface area contributed by atoms with Gasteiger partial charge in [-0.25, -0.2) is 4.98 Å². The van der Waals surface area contributed by atoms with E-state index in [1.165, 1.54) is 25.7 Å². The molecule has 0 radical (unpaired) electrons. The van der Waals surface area contributed by atoms with Gasteiger partial charge in [-0.1, -0.05) is 0 Å². The third kappa shape index (κ3) is 1.76. The highest BCUT2D eigenvalue weighted by Gasteiger charge is 2.27. The molecule has 1 aromatic heterocycles. The van der Waals surface area contributed by atoms with Gasteiger partial charge < -0.3 is 10.6 Å². The number of nitrogen functional groups attached to an aromatic ring is 1. The molecule has 0 aromatic carbocycles. The molecule has 1 saturated heterocycles. The Balaban J connectivity index is 1.91. The van der Waals surface area contributed by atoms with Crippen molar-refractivity contribution < 1.29 is 0 Å². The zero-order valence-corrected chi connectivity index (χ0v) is 8.82. The molecule has 0 bridgehead atoms. The molecule has 15 heavy (non-hydrogen) atoms. The van der Waals surface area contributed by atoms with E-state index < -0.39 is 0 Å². The lowest BCUT2D eigenvalue weighted by Gasteiger charge is -2.17. The zero-order chi connectivity index (χ0) is 10.3. The highest BCUT2D eigenvalue weighted by Crippen LogP contribution is 2.40. The molecular weight excluding hydrogens is 188 g/mol. The molecule has 4 nitrogen and oxygen atoms in total. The lowest BCUT2D eigenvalue weighted by Crippen LogP contribution is -2.20. The lowest BCUT2D eigenvalue weighted by atomic mass is 10.2. The quantitative estimate of drug-likeness (QED) is 0.793. The molecule has 1 aromatic rings. The van der Waals surface area contributed by atoms with Crippen LogP contribution in [0.3, 0.4) is 0 Å². The van der Waals surface area contributed by atoms with Crippen molar-refractivity contribution in [1.29, 1.82) is 0 Å². The number of rotatable bonds is 2. The molecule has 2 aliphatic rings. The van der Waals surface area contributed by atoms with Crippen LogP contribution in [-0.2, 0) is 0 Å². The predicted molar refractivity (Wildman–Crippen MR) is 59.9 cm³/mol. The summed E-state index contributed by atoms with van der Waals surface area (Å²) in [7, 11) is 0. The largest absolute Gasteiger partial charge is 0.368 e. The summed E-state index contributed by atoms with van der Waals surface area (Å²) in [6.07, 6.45) is 5.05. The molecular formula is C11H16N4. The summed E-state index contributed by atoms with van der Waals surface area (Å²) < 4.78 is 0. The summed E-state index contributed by atoms with van der Waals surface area (Å²) in [4.78, 5) is 10.9. The van der Waals surface area contributed by atoms with Gasteiger partial charge in [-0.15, -0.1) is 0 Å². The second-order valence-electron chi connectivity index (χ2n) is 4.48. The molecule has 2 fully saturated rings. The van der Waals surface area contributed by atoms with Crippen molar-refractivity contribution >= 4 is 11.8 Å². The molecule has 2 N–H and O–H groups in total. The van der Waals surface area contributed by atoms with E-state index in [4.69, 9.17) is 5.73 Å². The van der Waals surface area contributed by atoms with Crippen molar-refractivity contribution in [2.75, 3.05) is 23.7 Å². The number of hydrogen-bond acceptors (Lipinski definition) is 4. The van der Waals surface area contributed by atoms with Gasteiger partial charge in [0, 0.05) is 25.1 Å². The number of hydrogen-bond donors (Lipinski definition) is 1. The van der Waals surface area contributed by atoms with E-state index >= 15 is 0 Å². The number of nitrogens with two attached hydrogens (primary N) is 1. The third-order valence-electron chi connectivity index (χ3n) is 3.18. The van der Waals surface area contributed by atoms with Gasteiger partial charge in [0.05, 0.1) is 5.69 Å². The summed E-state index contributed by atoms with van der Waals surface area (Å²) in [5.41, 5.74) is 6.89. The van der Waals surface area contributed by atoms with Crippen LogP contribution >= 0.6 is 0 Å². The fourth-order valence-corrected chi connectivity index (χ4v) is 2.17. The first-order chi connectivity index (χ1) is 7.33. The van der Waals surface area contributed by atoms with Gasteiger partial charge in [0.15, 0.2) is 0 Å². The molecule has 0 atom stereocenters. The first-order valence-corrected chi connectivity index (χ1v) is 5.72. The smallest absolute Gasteiger partial charge is 0.222 e. The third-order valence-corrected chi connectivity index (χ3v) is 3.18. The summed E-state index contributed by atoms with van der Waals surface area (Å²) >= 11 is 0. The molecule has 0 unspecified atom stereocenters. The van der Waals surface area contributed by atoms with Crippen molar-refractivity contribution in [3.8, 4) is 0 Å². The predicted octanol–water partition coefficient (Wildman–Crippen LogP) is 1.54. The van der Waals surface area contributed by atoms with Crippen LogP contribution in [0.2, 0.25) is 0 Å². The summed E-state index contributed by atoms with van der Waals surface area (Å²) in [5, 5.41) is 0. The maximum absolute atomic E-state index is 5.74. The van der Waals surface area contributed by atoms with Crippen molar-refractivity contribution in [2.24, 2.45) is 0 Å². The summed E-state index contributed by atoms with van der Waals surface area (Å²) in [5.74, 6) is 2.11. The van der Waals surface area contributed by atoms with E-state index in [9.17, 15) is 0 Å². The van der Waals surface area contributed by atoms with E-state index in [1.807, 2.05) is 0 Å². The van der Waals surface area contributed by atoms with E-state index in [0.29, 0.717) is 11.9 Å². The van der Waals surface area contributed by atoms with E-state index in [0.717, 1.165) is 24.6 Å². The first-order valence-electron chi connectivity index (χ1n) is 5.72. The fourth-order valence-electron chi connectivity index (χ4n) is 2.17. The molecule has 4 heteroatoms. The minimum Gasteiger partial charge on any atom is -0.368 e. The minimum absolute atomic E-state index is 0.432. The van der Waals surface area contributed by atoms with Gasteiger partial charge in [-0.3, -0.25) is 0 Å². The zero-order valence-electron chi connectivity index (χ0n) is 8.82. The van der Waals surface area contributed by atoms with Crippen molar-refractivity contribution in [2.45, 2.75) is 31.6 Å². The fraction of sp³-hybridized carbons (Fsp3) is 0.636. The van der Waals surface area contributed by atoms with Crippen LogP contribution in [0.4, 0.5) is 11.8 Å². The van der Waals surface area contributed by atoms with Crippen molar-refractivity contribution in [3.63, 3.8) is 0 Å². The Morgan fingerprint density at radius 3 is 2.60 bits per heavy atom. The minimum atomic E-state index is 0.432. The van der Waals surface area contributed by atoms with Crippen LogP contribution < -0.4 is 10.6 Å². The number of nitrogens with zero attached hydrogens (tertiary/aromatic N) is 3. The summed E-state index contributed by atoms with van der Waals surface area (Å²) in [6, 6.07) is 2.12. The van der Waals surface area contributed by atoms with Crippen LogP contribution in [0.15, 0.2) is 6.07 Å². The van der Waals surface area contributed by atoms with Crippen molar-refractivity contribution in [3.05, 3.63) is 11.8 Å². The standard InChI is InChI=1S/C11H16N4/c12-11-13-9(8-3-4-8)7-10(14-11)15-5-1-2-6-15/h7-8H,1-6H2,(H2,12,13,14). The monoisotopic (exact) mass is 204 g/mol. The molecule has 0 spiro atoms. The van der Waals surface area contributed by atoms with Crippen LogP contribution in [0, 0.1) is 0 Å². The van der Waals surface area contributed by atoms with Gasteiger partial charge in [-0.05, 0) is 25.7 Å². The van der Waals surface area contributed by atoms with Crippen LogP contribution in [0.25, 0.3) is 0 Å². The van der Waals surface area contributed by atoms with Gasteiger partial charge >= 0.3 is 0 Å².